The second-order valence-corrected chi connectivity index (χ2v) is 6.98. The molecule has 0 radical (unpaired) electrons. The third-order valence-electron chi connectivity index (χ3n) is 1.93. The number of rotatable bonds is 3. The van der Waals surface area contributed by atoms with E-state index in [1.54, 1.807) is 6.92 Å². The number of benzene rings is 1. The van der Waals surface area contributed by atoms with Crippen LogP contribution < -0.4 is 4.72 Å². The van der Waals surface area contributed by atoms with E-state index < -0.39 is 10.0 Å². The minimum Gasteiger partial charge on any atom is -0.253 e. The number of hydrogen-bond donors (Lipinski definition) is 1. The van der Waals surface area contributed by atoms with Crippen molar-refractivity contribution in [2.75, 3.05) is 4.72 Å². The average Bonchev–Trinajstić information content (AvgIpc) is 2.66. The highest BCUT2D eigenvalue weighted by Crippen LogP contribution is 2.27. The lowest BCUT2D eigenvalue weighted by molar-refractivity contribution is 0.601. The number of aryl methyl sites for hydroxylation is 1. The van der Waals surface area contributed by atoms with Gasteiger partial charge in [-0.25, -0.2) is 8.42 Å². The molecule has 0 atom stereocenters. The van der Waals surface area contributed by atoms with Crippen LogP contribution in [0.3, 0.4) is 0 Å². The molecule has 0 fully saturated rings. The smallest absolute Gasteiger partial charge is 0.253 e. The zero-order valence-corrected chi connectivity index (χ0v) is 12.2. The molecule has 0 unspecified atom stereocenters. The van der Waals surface area contributed by atoms with Gasteiger partial charge in [0.15, 0.2) is 0 Å². The van der Waals surface area contributed by atoms with Crippen molar-refractivity contribution in [3.05, 3.63) is 33.3 Å². The van der Waals surface area contributed by atoms with Crippen molar-refractivity contribution in [3.63, 3.8) is 0 Å². The van der Waals surface area contributed by atoms with Gasteiger partial charge in [0.25, 0.3) is 10.0 Å². The van der Waals surface area contributed by atoms with E-state index in [0.717, 1.165) is 11.3 Å². The first-order valence-corrected chi connectivity index (χ1v) is 7.72. The molecule has 0 aliphatic heterocycles. The molecule has 0 bridgehead atoms. The maximum absolute atomic E-state index is 12.1. The van der Waals surface area contributed by atoms with E-state index in [1.165, 1.54) is 18.2 Å². The molecule has 2 aromatic rings. The van der Waals surface area contributed by atoms with E-state index >= 15 is 0 Å². The highest BCUT2D eigenvalue weighted by atomic mass is 35.5. The second kappa shape index (κ2) is 5.00. The van der Waals surface area contributed by atoms with Gasteiger partial charge >= 0.3 is 0 Å². The van der Waals surface area contributed by atoms with Gasteiger partial charge in [-0.2, -0.15) is 0 Å². The Bertz CT molecular complexity index is 685. The van der Waals surface area contributed by atoms with E-state index in [-0.39, 0.29) is 20.1 Å². The number of anilines is 1. The Labute approximate surface area is 118 Å². The van der Waals surface area contributed by atoms with Gasteiger partial charge in [0.1, 0.15) is 9.90 Å². The summed E-state index contributed by atoms with van der Waals surface area (Å²) in [7, 11) is -3.81. The fourth-order valence-corrected chi connectivity index (χ4v) is 3.78. The molecule has 9 heteroatoms. The number of aromatic nitrogens is 2. The van der Waals surface area contributed by atoms with E-state index in [2.05, 4.69) is 14.9 Å². The van der Waals surface area contributed by atoms with E-state index in [4.69, 9.17) is 23.2 Å². The van der Waals surface area contributed by atoms with Crippen molar-refractivity contribution in [1.82, 2.24) is 10.2 Å². The summed E-state index contributed by atoms with van der Waals surface area (Å²) in [6.07, 6.45) is 0. The molecule has 5 nitrogen and oxygen atoms in total. The summed E-state index contributed by atoms with van der Waals surface area (Å²) >= 11 is 12.7. The van der Waals surface area contributed by atoms with Crippen LogP contribution in [0.5, 0.6) is 0 Å². The third kappa shape index (κ3) is 2.92. The van der Waals surface area contributed by atoms with Crippen molar-refractivity contribution in [2.24, 2.45) is 0 Å². The predicted molar refractivity (Wildman–Crippen MR) is 71.9 cm³/mol. The minimum absolute atomic E-state index is 0.0909. The predicted octanol–water partition coefficient (Wildman–Crippen LogP) is 2.95. The number of nitrogens with zero attached hydrogens (tertiary/aromatic N) is 2. The summed E-state index contributed by atoms with van der Waals surface area (Å²) < 4.78 is 26.4. The quantitative estimate of drug-likeness (QED) is 0.942. The van der Waals surface area contributed by atoms with Gasteiger partial charge in [-0.15, -0.1) is 10.2 Å². The van der Waals surface area contributed by atoms with Crippen LogP contribution in [0.1, 0.15) is 5.01 Å². The topological polar surface area (TPSA) is 72.0 Å². The normalized spacial score (nSPS) is 11.5. The van der Waals surface area contributed by atoms with E-state index in [1.807, 2.05) is 0 Å². The molecule has 0 spiro atoms. The lowest BCUT2D eigenvalue weighted by atomic mass is 10.4. The van der Waals surface area contributed by atoms with Crippen LogP contribution >= 0.6 is 34.5 Å². The van der Waals surface area contributed by atoms with Crippen molar-refractivity contribution < 1.29 is 8.42 Å². The zero-order chi connectivity index (χ0) is 13.3. The van der Waals surface area contributed by atoms with Crippen LogP contribution in [-0.2, 0) is 10.0 Å². The summed E-state index contributed by atoms with van der Waals surface area (Å²) in [5.41, 5.74) is 0. The molecule has 0 aliphatic rings. The van der Waals surface area contributed by atoms with Crippen molar-refractivity contribution in [2.45, 2.75) is 11.8 Å². The molecule has 0 saturated carbocycles. The maximum Gasteiger partial charge on any atom is 0.265 e. The highest BCUT2D eigenvalue weighted by molar-refractivity contribution is 7.93. The third-order valence-corrected chi connectivity index (χ3v) is 4.87. The summed E-state index contributed by atoms with van der Waals surface area (Å²) in [6, 6.07) is 4.21. The Morgan fingerprint density at radius 2 is 2.00 bits per heavy atom. The van der Waals surface area contributed by atoms with Crippen molar-refractivity contribution in [1.29, 1.82) is 0 Å². The maximum atomic E-state index is 12.1. The molecule has 1 heterocycles. The molecule has 96 valence electrons. The number of sulfonamides is 1. The number of hydrogen-bond acceptors (Lipinski definition) is 5. The Kier molecular flexibility index (Phi) is 3.76. The van der Waals surface area contributed by atoms with E-state index in [0.29, 0.717) is 5.01 Å². The summed E-state index contributed by atoms with van der Waals surface area (Å²) in [5.74, 6) is 0. The average molecular weight is 324 g/mol. The lowest BCUT2D eigenvalue weighted by Gasteiger charge is -2.06. The second-order valence-electron chi connectivity index (χ2n) is 3.31. The Morgan fingerprint density at radius 3 is 2.61 bits per heavy atom. The molecule has 1 aromatic heterocycles. The largest absolute Gasteiger partial charge is 0.265 e. The van der Waals surface area contributed by atoms with Crippen LogP contribution in [0.25, 0.3) is 0 Å². The van der Waals surface area contributed by atoms with E-state index in [9.17, 15) is 8.42 Å². The summed E-state index contributed by atoms with van der Waals surface area (Å²) in [6.45, 7) is 1.72. The van der Waals surface area contributed by atoms with Gasteiger partial charge in [0.2, 0.25) is 5.13 Å². The first-order chi connectivity index (χ1) is 8.38. The van der Waals surface area contributed by atoms with Gasteiger partial charge in [0, 0.05) is 5.02 Å². The number of nitrogens with one attached hydrogen (secondary N) is 1. The van der Waals surface area contributed by atoms with Gasteiger partial charge in [-0.3, -0.25) is 4.72 Å². The highest BCUT2D eigenvalue weighted by Gasteiger charge is 2.20. The summed E-state index contributed by atoms with van der Waals surface area (Å²) in [5, 5.41) is 8.62. The molecular formula is C9H7Cl2N3O2S2. The molecule has 0 amide bonds. The molecule has 0 aliphatic carbocycles. The molecular weight excluding hydrogens is 317 g/mol. The summed E-state index contributed by atoms with van der Waals surface area (Å²) in [4.78, 5) is -0.0930. The van der Waals surface area contributed by atoms with Gasteiger partial charge in [0.05, 0.1) is 5.02 Å². The molecule has 18 heavy (non-hydrogen) atoms. The standard InChI is InChI=1S/C9H7Cl2N3O2S2/c1-5-12-13-9(17-5)14-18(15,16)8-4-6(10)2-3-7(8)11/h2-4H,1H3,(H,13,14). The van der Waals surface area contributed by atoms with Gasteiger partial charge in [-0.1, -0.05) is 34.5 Å². The minimum atomic E-state index is -3.81. The molecule has 1 N–H and O–H groups in total. The fraction of sp³-hybridized carbons (Fsp3) is 0.111. The van der Waals surface area contributed by atoms with Crippen LogP contribution in [0, 0.1) is 6.92 Å². The Balaban J connectivity index is 2.39. The SMILES string of the molecule is Cc1nnc(NS(=O)(=O)c2cc(Cl)ccc2Cl)s1. The first kappa shape index (κ1) is 13.5. The molecule has 0 saturated heterocycles. The van der Waals surface area contributed by atoms with Gasteiger partial charge < -0.3 is 0 Å². The van der Waals surface area contributed by atoms with Crippen LogP contribution in [0.2, 0.25) is 10.0 Å². The molecule has 2 rings (SSSR count). The Hall–Kier alpha value is -0.890. The van der Waals surface area contributed by atoms with Gasteiger partial charge in [-0.05, 0) is 25.1 Å². The lowest BCUT2D eigenvalue weighted by Crippen LogP contribution is -2.13. The van der Waals surface area contributed by atoms with Crippen molar-refractivity contribution >= 4 is 49.7 Å². The Morgan fingerprint density at radius 1 is 1.28 bits per heavy atom. The van der Waals surface area contributed by atoms with Crippen LogP contribution in [0.15, 0.2) is 23.1 Å². The monoisotopic (exact) mass is 323 g/mol. The van der Waals surface area contributed by atoms with Crippen molar-refractivity contribution in [3.8, 4) is 0 Å². The van der Waals surface area contributed by atoms with Crippen LogP contribution in [0.4, 0.5) is 5.13 Å². The zero-order valence-electron chi connectivity index (χ0n) is 9.02. The molecule has 1 aromatic carbocycles. The first-order valence-electron chi connectivity index (χ1n) is 4.66. The fourth-order valence-electron chi connectivity index (χ4n) is 1.19. The van der Waals surface area contributed by atoms with Crippen LogP contribution in [-0.4, -0.2) is 18.6 Å². The number of halogens is 2.